The smallest absolute Gasteiger partial charge is 0.409 e. The van der Waals surface area contributed by atoms with Crippen LogP contribution in [0.5, 0.6) is 0 Å². The van der Waals surface area contributed by atoms with E-state index in [2.05, 4.69) is 19.2 Å². The number of piperidine rings is 1. The zero-order valence-corrected chi connectivity index (χ0v) is 24.9. The van der Waals surface area contributed by atoms with Crippen molar-refractivity contribution in [2.75, 3.05) is 92.3 Å². The quantitative estimate of drug-likeness (QED) is 0.171. The number of carbonyl (C=O) groups excluding carboxylic acids is 3. The molecule has 0 spiro atoms. The maximum atomic E-state index is 12.2. The zero-order valence-electron chi connectivity index (χ0n) is 24.1. The molecule has 0 aromatic rings. The monoisotopic (exact) mass is 580 g/mol. The van der Waals surface area contributed by atoms with E-state index in [9.17, 15) is 14.4 Å². The first-order valence-electron chi connectivity index (χ1n) is 14.1. The molecule has 0 bridgehead atoms. The predicted octanol–water partition coefficient (Wildman–Crippen LogP) is 2.93. The van der Waals surface area contributed by atoms with Crippen molar-refractivity contribution < 1.29 is 44.2 Å². The molecular weight excluding hydrogens is 528 g/mol. The summed E-state index contributed by atoms with van der Waals surface area (Å²) in [5.74, 6) is -0.139. The van der Waals surface area contributed by atoms with Crippen molar-refractivity contribution in [3.05, 3.63) is 0 Å². The van der Waals surface area contributed by atoms with Crippen LogP contribution in [0.4, 0.5) is 4.79 Å². The lowest BCUT2D eigenvalue weighted by Crippen LogP contribution is -2.40. The summed E-state index contributed by atoms with van der Waals surface area (Å²) in [7, 11) is 0. The Balaban J connectivity index is 0.0000152. The van der Waals surface area contributed by atoms with Gasteiger partial charge in [-0.3, -0.25) is 4.79 Å². The van der Waals surface area contributed by atoms with Crippen LogP contribution in [0.2, 0.25) is 0 Å². The first-order valence-corrected chi connectivity index (χ1v) is 15.1. The molecule has 1 aliphatic rings. The van der Waals surface area contributed by atoms with Crippen molar-refractivity contribution in [2.45, 2.75) is 63.4 Å². The summed E-state index contributed by atoms with van der Waals surface area (Å²) in [6.07, 6.45) is 3.46. The van der Waals surface area contributed by atoms with Crippen LogP contribution in [0.15, 0.2) is 0 Å². The number of ketones is 1. The Bertz CT molecular complexity index is 655. The first kappa shape index (κ1) is 35.6. The molecule has 12 heteroatoms. The number of thioether (sulfide) groups is 1. The molecule has 1 atom stereocenters. The van der Waals surface area contributed by atoms with Gasteiger partial charge in [-0.05, 0) is 26.2 Å². The van der Waals surface area contributed by atoms with Crippen LogP contribution < -0.4 is 5.32 Å². The third-order valence-electron chi connectivity index (χ3n) is 5.91. The number of likely N-dealkylation sites (tertiary alicyclic amines) is 1. The molecule has 39 heavy (non-hydrogen) atoms. The number of Topliss-reactive ketones (excluding diaryl/α,β-unsaturated/α-hetero) is 1. The highest BCUT2D eigenvalue weighted by Crippen LogP contribution is 2.28. The number of hydrogen-bond donors (Lipinski definition) is 1. The average Bonchev–Trinajstić information content (AvgIpc) is 2.93. The van der Waals surface area contributed by atoms with Crippen molar-refractivity contribution in [3.63, 3.8) is 0 Å². The molecule has 1 heterocycles. The fourth-order valence-corrected chi connectivity index (χ4v) is 4.83. The minimum atomic E-state index is -0.251. The van der Waals surface area contributed by atoms with Crippen LogP contribution in [0.1, 0.15) is 54.3 Å². The summed E-state index contributed by atoms with van der Waals surface area (Å²) in [4.78, 5) is 36.2. The van der Waals surface area contributed by atoms with Gasteiger partial charge in [0.05, 0.1) is 66.1 Å². The molecule has 0 aromatic heterocycles. The number of carbonyl (C=O) groups is 3. The van der Waals surface area contributed by atoms with E-state index in [0.29, 0.717) is 83.1 Å². The van der Waals surface area contributed by atoms with Gasteiger partial charge >= 0.3 is 6.09 Å². The zero-order chi connectivity index (χ0) is 28.6. The summed E-state index contributed by atoms with van der Waals surface area (Å²) in [6, 6.07) is 0. The number of ether oxygens (including phenoxy) is 6. The van der Waals surface area contributed by atoms with Gasteiger partial charge in [0.2, 0.25) is 5.91 Å². The Kier molecular flexibility index (Phi) is 22.2. The fraction of sp³-hybridized carbons (Fsp3) is 0.889. The van der Waals surface area contributed by atoms with E-state index in [4.69, 9.17) is 28.4 Å². The number of amides is 2. The number of nitrogens with one attached hydrogen (secondary N) is 1. The Morgan fingerprint density at radius 2 is 1.31 bits per heavy atom. The lowest BCUT2D eigenvalue weighted by Gasteiger charge is -2.32. The minimum absolute atomic E-state index is 0. The third-order valence-corrected chi connectivity index (χ3v) is 7.57. The van der Waals surface area contributed by atoms with Crippen molar-refractivity contribution in [3.8, 4) is 0 Å². The molecule has 0 aliphatic carbocycles. The van der Waals surface area contributed by atoms with Gasteiger partial charge in [-0.15, -0.1) is 0 Å². The Labute approximate surface area is 239 Å². The van der Waals surface area contributed by atoms with Gasteiger partial charge in [-0.25, -0.2) is 4.79 Å². The van der Waals surface area contributed by atoms with Crippen molar-refractivity contribution in [2.24, 2.45) is 0 Å². The lowest BCUT2D eigenvalue weighted by molar-refractivity contribution is -0.124. The standard InChI is InChI=1S/C27H50N2O9S.H2/c1-4-24(3)39-25-7-10-29(11-8-25)27(32)38-22-21-37-20-19-36-18-17-35-16-15-34-14-13-33-12-9-28-26(31)6-5-23(2)30;/h24-25H,4-22H2,1-3H3,(H,28,31);1H. The van der Waals surface area contributed by atoms with Crippen LogP contribution >= 0.6 is 11.8 Å². The predicted molar refractivity (Wildman–Crippen MR) is 152 cm³/mol. The molecule has 2 amide bonds. The molecule has 0 aromatic carbocycles. The first-order chi connectivity index (χ1) is 18.9. The third kappa shape index (κ3) is 21.0. The summed E-state index contributed by atoms with van der Waals surface area (Å²) in [5, 5.41) is 4.01. The lowest BCUT2D eigenvalue weighted by atomic mass is 10.1. The van der Waals surface area contributed by atoms with E-state index >= 15 is 0 Å². The molecule has 1 rings (SSSR count). The molecule has 1 fully saturated rings. The van der Waals surface area contributed by atoms with E-state index in [1.165, 1.54) is 13.3 Å². The van der Waals surface area contributed by atoms with E-state index in [-0.39, 0.29) is 38.7 Å². The highest BCUT2D eigenvalue weighted by Gasteiger charge is 2.24. The maximum Gasteiger partial charge on any atom is 0.409 e. The van der Waals surface area contributed by atoms with Crippen LogP contribution in [-0.2, 0) is 38.0 Å². The second-order valence-corrected chi connectivity index (χ2v) is 11.0. The Morgan fingerprint density at radius 3 is 1.79 bits per heavy atom. The topological polar surface area (TPSA) is 122 Å². The minimum Gasteiger partial charge on any atom is -0.447 e. The normalized spacial score (nSPS) is 14.8. The van der Waals surface area contributed by atoms with E-state index in [1.807, 2.05) is 11.8 Å². The van der Waals surface area contributed by atoms with Gasteiger partial charge in [-0.1, -0.05) is 13.8 Å². The second-order valence-electron chi connectivity index (χ2n) is 9.27. The van der Waals surface area contributed by atoms with Crippen molar-refractivity contribution in [1.82, 2.24) is 10.2 Å². The second kappa shape index (κ2) is 24.4. The molecule has 230 valence electrons. The van der Waals surface area contributed by atoms with E-state index < -0.39 is 0 Å². The van der Waals surface area contributed by atoms with E-state index in [1.54, 1.807) is 4.90 Å². The van der Waals surface area contributed by atoms with Crippen molar-refractivity contribution in [1.29, 1.82) is 0 Å². The Hall–Kier alpha value is -1.44. The molecule has 1 N–H and O–H groups in total. The highest BCUT2D eigenvalue weighted by molar-refractivity contribution is 8.00. The largest absolute Gasteiger partial charge is 0.447 e. The average molecular weight is 581 g/mol. The molecular formula is C27H52N2O9S. The SMILES string of the molecule is CCC(C)SC1CCN(C(=O)OCCOCCOCCOCCOCCOCCNC(=O)CCC(C)=O)CC1.[HH]. The van der Waals surface area contributed by atoms with Crippen LogP contribution in [-0.4, -0.2) is 125 Å². The van der Waals surface area contributed by atoms with Crippen LogP contribution in [0, 0.1) is 0 Å². The molecule has 0 saturated carbocycles. The summed E-state index contributed by atoms with van der Waals surface area (Å²) in [5.41, 5.74) is 0. The van der Waals surface area contributed by atoms with Crippen LogP contribution in [0.3, 0.4) is 0 Å². The molecule has 0 radical (unpaired) electrons. The van der Waals surface area contributed by atoms with Gasteiger partial charge < -0.3 is 43.4 Å². The summed E-state index contributed by atoms with van der Waals surface area (Å²) >= 11 is 2.03. The van der Waals surface area contributed by atoms with Gasteiger partial charge in [-0.2, -0.15) is 11.8 Å². The van der Waals surface area contributed by atoms with Gasteiger partial charge in [0.1, 0.15) is 12.4 Å². The van der Waals surface area contributed by atoms with Gasteiger partial charge in [0, 0.05) is 44.4 Å². The number of rotatable bonds is 24. The molecule has 1 unspecified atom stereocenters. The van der Waals surface area contributed by atoms with E-state index in [0.717, 1.165) is 25.9 Å². The van der Waals surface area contributed by atoms with Crippen LogP contribution in [0.25, 0.3) is 0 Å². The molecule has 1 aliphatic heterocycles. The highest BCUT2D eigenvalue weighted by atomic mass is 32.2. The Morgan fingerprint density at radius 1 is 0.821 bits per heavy atom. The fourth-order valence-electron chi connectivity index (χ4n) is 3.50. The summed E-state index contributed by atoms with van der Waals surface area (Å²) < 4.78 is 32.4. The van der Waals surface area contributed by atoms with Gasteiger partial charge in [0.25, 0.3) is 0 Å². The van der Waals surface area contributed by atoms with Crippen molar-refractivity contribution >= 4 is 29.5 Å². The molecule has 1 saturated heterocycles. The summed E-state index contributed by atoms with van der Waals surface area (Å²) in [6.45, 7) is 12.5. The number of nitrogens with zero attached hydrogens (tertiary/aromatic N) is 1. The maximum absolute atomic E-state index is 12.2. The number of hydrogen-bond acceptors (Lipinski definition) is 10. The van der Waals surface area contributed by atoms with Gasteiger partial charge in [0.15, 0.2) is 0 Å². The molecule has 11 nitrogen and oxygen atoms in total.